The molecule has 11 heteroatoms. The van der Waals surface area contributed by atoms with Gasteiger partial charge in [-0.3, -0.25) is 5.41 Å². The summed E-state index contributed by atoms with van der Waals surface area (Å²) < 4.78 is 35.1. The second kappa shape index (κ2) is 8.37. The molecule has 0 atom stereocenters. The zero-order valence-electron chi connectivity index (χ0n) is 14.4. The molecule has 0 spiro atoms. The SMILES string of the molecule is COc1cc(Br)cc(C=NN(OS(=O)(=O)c2ccc(C)cc2)C(=N)N)c1O. The molecule has 0 aliphatic carbocycles. The van der Waals surface area contributed by atoms with E-state index in [1.54, 1.807) is 12.1 Å². The van der Waals surface area contributed by atoms with Crippen LogP contribution in [0.4, 0.5) is 0 Å². The van der Waals surface area contributed by atoms with E-state index in [2.05, 4.69) is 21.0 Å². The lowest BCUT2D eigenvalue weighted by Gasteiger charge is -2.15. The van der Waals surface area contributed by atoms with Crippen LogP contribution in [0.15, 0.2) is 50.9 Å². The molecule has 0 amide bonds. The summed E-state index contributed by atoms with van der Waals surface area (Å²) in [6.07, 6.45) is 1.08. The number of nitrogens with one attached hydrogen (secondary N) is 1. The Labute approximate surface area is 164 Å². The summed E-state index contributed by atoms with van der Waals surface area (Å²) in [6.45, 7) is 1.81. The van der Waals surface area contributed by atoms with E-state index < -0.39 is 16.1 Å². The topological polar surface area (TPSA) is 138 Å². The normalized spacial score (nSPS) is 11.5. The maximum Gasteiger partial charge on any atom is 0.319 e. The van der Waals surface area contributed by atoms with E-state index in [1.807, 2.05) is 6.92 Å². The average molecular weight is 457 g/mol. The third kappa shape index (κ3) is 5.18. The molecule has 9 nitrogen and oxygen atoms in total. The third-order valence-corrected chi connectivity index (χ3v) is 4.92. The predicted molar refractivity (Wildman–Crippen MR) is 103 cm³/mol. The van der Waals surface area contributed by atoms with Crippen LogP contribution >= 0.6 is 15.9 Å². The van der Waals surface area contributed by atoms with Crippen LogP contribution in [-0.2, 0) is 14.4 Å². The van der Waals surface area contributed by atoms with E-state index in [0.29, 0.717) is 9.64 Å². The summed E-state index contributed by atoms with van der Waals surface area (Å²) in [5.41, 5.74) is 6.40. The fourth-order valence-electron chi connectivity index (χ4n) is 1.93. The number of hydrogen-bond acceptors (Lipinski definition) is 7. The molecule has 27 heavy (non-hydrogen) atoms. The van der Waals surface area contributed by atoms with Gasteiger partial charge in [0.2, 0.25) is 5.96 Å². The standard InChI is InChI=1S/C16H17BrN4O5S/c1-10-3-5-13(6-4-10)27(23,24)26-21(16(18)19)20-9-11-7-12(17)8-14(25-2)15(11)22/h3-9,22H,1-2H3,(H3,18,19). The number of phenols is 1. The van der Waals surface area contributed by atoms with Gasteiger partial charge >= 0.3 is 10.1 Å². The van der Waals surface area contributed by atoms with Crippen LogP contribution in [0.5, 0.6) is 11.5 Å². The molecule has 0 unspecified atom stereocenters. The van der Waals surface area contributed by atoms with Gasteiger partial charge in [0.1, 0.15) is 0 Å². The summed E-state index contributed by atoms with van der Waals surface area (Å²) in [6, 6.07) is 8.96. The number of hydrazone groups is 1. The first-order chi connectivity index (χ1) is 12.6. The van der Waals surface area contributed by atoms with Crippen molar-refractivity contribution in [2.75, 3.05) is 7.11 Å². The summed E-state index contributed by atoms with van der Waals surface area (Å²) in [5.74, 6) is -0.828. The predicted octanol–water partition coefficient (Wildman–Crippen LogP) is 2.32. The fourth-order valence-corrected chi connectivity index (χ4v) is 3.24. The molecule has 0 saturated heterocycles. The van der Waals surface area contributed by atoms with Crippen LogP contribution in [0, 0.1) is 12.3 Å². The Morgan fingerprint density at radius 2 is 1.96 bits per heavy atom. The van der Waals surface area contributed by atoms with Gasteiger partial charge in [0.05, 0.1) is 18.2 Å². The quantitative estimate of drug-likeness (QED) is 0.344. The van der Waals surface area contributed by atoms with Crippen molar-refractivity contribution in [3.63, 3.8) is 0 Å². The highest BCUT2D eigenvalue weighted by Gasteiger charge is 2.21. The van der Waals surface area contributed by atoms with Gasteiger partial charge in [-0.25, -0.2) is 0 Å². The highest BCUT2D eigenvalue weighted by molar-refractivity contribution is 9.10. The van der Waals surface area contributed by atoms with Gasteiger partial charge in [0.15, 0.2) is 11.5 Å². The number of methoxy groups -OCH3 is 1. The molecule has 144 valence electrons. The Morgan fingerprint density at radius 3 is 2.52 bits per heavy atom. The average Bonchev–Trinajstić information content (AvgIpc) is 2.60. The molecule has 2 aromatic rings. The molecule has 0 radical (unpaired) electrons. The zero-order valence-corrected chi connectivity index (χ0v) is 16.8. The number of guanidine groups is 1. The van der Waals surface area contributed by atoms with Gasteiger partial charge in [0, 0.05) is 10.0 Å². The number of aryl methyl sites for hydroxylation is 1. The van der Waals surface area contributed by atoms with Crippen LogP contribution in [0.3, 0.4) is 0 Å². The van der Waals surface area contributed by atoms with E-state index in [9.17, 15) is 13.5 Å². The van der Waals surface area contributed by atoms with Crippen molar-refractivity contribution in [1.29, 1.82) is 5.41 Å². The lowest BCUT2D eigenvalue weighted by molar-refractivity contribution is 0.0284. The number of rotatable bonds is 6. The Bertz CT molecular complexity index is 977. The maximum absolute atomic E-state index is 12.3. The highest BCUT2D eigenvalue weighted by Crippen LogP contribution is 2.32. The van der Waals surface area contributed by atoms with Gasteiger partial charge in [-0.15, -0.1) is 9.39 Å². The minimum atomic E-state index is -4.26. The van der Waals surface area contributed by atoms with Crippen LogP contribution < -0.4 is 10.5 Å². The summed E-state index contributed by atoms with van der Waals surface area (Å²) in [5, 5.41) is 21.6. The molecule has 0 heterocycles. The Kier molecular flexibility index (Phi) is 6.41. The van der Waals surface area contributed by atoms with Gasteiger partial charge in [0.25, 0.3) is 0 Å². The first-order valence-electron chi connectivity index (χ1n) is 7.40. The zero-order chi connectivity index (χ0) is 20.2. The number of nitrogens with two attached hydrogens (primary N) is 1. The largest absolute Gasteiger partial charge is 0.504 e. The van der Waals surface area contributed by atoms with Gasteiger partial charge in [-0.05, 0) is 31.2 Å². The van der Waals surface area contributed by atoms with E-state index in [0.717, 1.165) is 11.8 Å². The van der Waals surface area contributed by atoms with Crippen LogP contribution in [0.25, 0.3) is 0 Å². The van der Waals surface area contributed by atoms with Crippen LogP contribution in [0.1, 0.15) is 11.1 Å². The summed E-state index contributed by atoms with van der Waals surface area (Å²) >= 11 is 3.25. The second-order valence-electron chi connectivity index (χ2n) is 5.29. The van der Waals surface area contributed by atoms with Crippen molar-refractivity contribution in [2.45, 2.75) is 11.8 Å². The molecular formula is C16H17BrN4O5S. The molecular weight excluding hydrogens is 440 g/mol. The molecule has 0 bridgehead atoms. The lowest BCUT2D eigenvalue weighted by atomic mass is 10.2. The number of ether oxygens (including phenoxy) is 1. The molecule has 0 aromatic heterocycles. The number of phenolic OH excluding ortho intramolecular Hbond substituents is 1. The first kappa shape index (κ1) is 20.7. The smallest absolute Gasteiger partial charge is 0.319 e. The number of nitrogens with zero attached hydrogens (tertiary/aromatic N) is 2. The Morgan fingerprint density at radius 1 is 1.33 bits per heavy atom. The van der Waals surface area contributed by atoms with Gasteiger partial charge in [-0.2, -0.15) is 8.42 Å². The summed E-state index contributed by atoms with van der Waals surface area (Å²) in [4.78, 5) is -0.124. The minimum Gasteiger partial charge on any atom is -0.504 e. The van der Waals surface area contributed by atoms with Crippen molar-refractivity contribution < 1.29 is 22.5 Å². The molecule has 0 aliphatic heterocycles. The van der Waals surface area contributed by atoms with Crippen molar-refractivity contribution in [1.82, 2.24) is 5.17 Å². The number of hydroxylamine groups is 1. The molecule has 0 fully saturated rings. The van der Waals surface area contributed by atoms with E-state index in [4.69, 9.17) is 20.2 Å². The minimum absolute atomic E-state index is 0.124. The number of hydrogen-bond donors (Lipinski definition) is 3. The maximum atomic E-state index is 12.3. The van der Waals surface area contributed by atoms with E-state index in [1.165, 1.54) is 31.4 Å². The molecule has 0 aliphatic rings. The van der Waals surface area contributed by atoms with Crippen molar-refractivity contribution >= 4 is 38.2 Å². The number of halogens is 1. The van der Waals surface area contributed by atoms with Gasteiger partial charge < -0.3 is 15.6 Å². The number of aromatic hydroxyl groups is 1. The number of benzene rings is 2. The third-order valence-electron chi connectivity index (χ3n) is 3.28. The molecule has 4 N–H and O–H groups in total. The fraction of sp³-hybridized carbons (Fsp3) is 0.125. The van der Waals surface area contributed by atoms with Gasteiger partial charge in [-0.1, -0.05) is 38.8 Å². The van der Waals surface area contributed by atoms with Crippen molar-refractivity contribution in [3.05, 3.63) is 52.0 Å². The van der Waals surface area contributed by atoms with Crippen LogP contribution in [-0.4, -0.2) is 38.0 Å². The lowest BCUT2D eigenvalue weighted by Crippen LogP contribution is -2.34. The van der Waals surface area contributed by atoms with E-state index >= 15 is 0 Å². The van der Waals surface area contributed by atoms with Crippen LogP contribution in [0.2, 0.25) is 0 Å². The van der Waals surface area contributed by atoms with Crippen molar-refractivity contribution in [3.8, 4) is 11.5 Å². The Balaban J connectivity index is 2.31. The molecule has 0 saturated carbocycles. The monoisotopic (exact) mass is 456 g/mol. The Hall–Kier alpha value is -2.63. The first-order valence-corrected chi connectivity index (χ1v) is 9.60. The molecule has 2 aromatic carbocycles. The highest BCUT2D eigenvalue weighted by atomic mass is 79.9. The summed E-state index contributed by atoms with van der Waals surface area (Å²) in [7, 11) is -2.89. The van der Waals surface area contributed by atoms with Crippen molar-refractivity contribution in [2.24, 2.45) is 10.8 Å². The van der Waals surface area contributed by atoms with E-state index in [-0.39, 0.29) is 22.0 Å². The molecule has 2 rings (SSSR count). The second-order valence-corrected chi connectivity index (χ2v) is 7.73.